The number of carbonyl (C=O) groups excluding carboxylic acids is 2. The van der Waals surface area contributed by atoms with E-state index < -0.39 is 17.8 Å². The second kappa shape index (κ2) is 6.72. The molecule has 0 saturated heterocycles. The monoisotopic (exact) mass is 246 g/mol. The molecule has 17 heavy (non-hydrogen) atoms. The average molecular weight is 246 g/mol. The van der Waals surface area contributed by atoms with Crippen molar-refractivity contribution in [2.45, 2.75) is 39.2 Å². The minimum absolute atomic E-state index is 0.0350. The lowest BCUT2D eigenvalue weighted by Crippen LogP contribution is -2.47. The van der Waals surface area contributed by atoms with Crippen LogP contribution >= 0.6 is 0 Å². The molecule has 0 aromatic carbocycles. The lowest BCUT2D eigenvalue weighted by molar-refractivity contribution is -0.108. The van der Waals surface area contributed by atoms with Crippen LogP contribution in [0.2, 0.25) is 0 Å². The normalized spacial score (nSPS) is 10.5. The van der Waals surface area contributed by atoms with Crippen molar-refractivity contribution < 1.29 is 24.2 Å². The Morgan fingerprint density at radius 3 is 2.41 bits per heavy atom. The van der Waals surface area contributed by atoms with Crippen molar-refractivity contribution in [3.05, 3.63) is 0 Å². The number of rotatable bonds is 4. The molecule has 0 aromatic rings. The number of nitrogens with zero attached hydrogens (tertiary/aromatic N) is 1. The highest BCUT2D eigenvalue weighted by Crippen LogP contribution is 2.06. The van der Waals surface area contributed by atoms with Gasteiger partial charge in [0.05, 0.1) is 0 Å². The van der Waals surface area contributed by atoms with Gasteiger partial charge in [0.15, 0.2) is 0 Å². The van der Waals surface area contributed by atoms with Crippen molar-refractivity contribution in [1.29, 1.82) is 0 Å². The summed E-state index contributed by atoms with van der Waals surface area (Å²) in [6.45, 7) is 5.05. The lowest BCUT2D eigenvalue weighted by atomic mass is 10.2. The average Bonchev–Trinajstić information content (AvgIpc) is 2.13. The van der Waals surface area contributed by atoms with Gasteiger partial charge in [-0.05, 0) is 27.2 Å². The van der Waals surface area contributed by atoms with Crippen LogP contribution in [-0.4, -0.2) is 40.7 Å². The standard InChI is InChI=1S/C10H18N2O5/c1-10(2,3)17-8(14)11-12(9(15)16)6-4-5-7-13/h7H,4-6H2,1-3H3,(H,11,14)(H,15,16). The van der Waals surface area contributed by atoms with Crippen LogP contribution in [-0.2, 0) is 9.53 Å². The van der Waals surface area contributed by atoms with Crippen molar-refractivity contribution in [3.8, 4) is 0 Å². The fourth-order valence-electron chi connectivity index (χ4n) is 0.943. The van der Waals surface area contributed by atoms with Crippen LogP contribution < -0.4 is 5.43 Å². The summed E-state index contributed by atoms with van der Waals surface area (Å²) in [7, 11) is 0. The van der Waals surface area contributed by atoms with Gasteiger partial charge in [0.2, 0.25) is 0 Å². The van der Waals surface area contributed by atoms with Gasteiger partial charge in [-0.15, -0.1) is 0 Å². The first-order valence-corrected chi connectivity index (χ1v) is 5.20. The summed E-state index contributed by atoms with van der Waals surface area (Å²) in [6.07, 6.45) is -0.883. The molecule has 0 aliphatic rings. The molecule has 0 spiro atoms. The van der Waals surface area contributed by atoms with Crippen LogP contribution in [0.3, 0.4) is 0 Å². The van der Waals surface area contributed by atoms with Crippen LogP contribution in [0.4, 0.5) is 9.59 Å². The minimum Gasteiger partial charge on any atom is -0.464 e. The van der Waals surface area contributed by atoms with E-state index >= 15 is 0 Å². The first-order chi connectivity index (χ1) is 7.76. The molecule has 0 radical (unpaired) electrons. The van der Waals surface area contributed by atoms with Gasteiger partial charge in [0.25, 0.3) is 0 Å². The molecule has 0 aliphatic heterocycles. The van der Waals surface area contributed by atoms with E-state index in [9.17, 15) is 14.4 Å². The third-order valence-corrected chi connectivity index (χ3v) is 1.56. The summed E-state index contributed by atoms with van der Waals surface area (Å²) in [5, 5.41) is 9.48. The fraction of sp³-hybridized carbons (Fsp3) is 0.700. The molecule has 2 N–H and O–H groups in total. The molecule has 0 aromatic heterocycles. The molecule has 0 bridgehead atoms. The number of hydrogen-bond acceptors (Lipinski definition) is 4. The maximum Gasteiger partial charge on any atom is 0.426 e. The van der Waals surface area contributed by atoms with Crippen molar-refractivity contribution in [3.63, 3.8) is 0 Å². The van der Waals surface area contributed by atoms with Gasteiger partial charge in [0.1, 0.15) is 11.9 Å². The van der Waals surface area contributed by atoms with E-state index in [1.807, 2.05) is 0 Å². The van der Waals surface area contributed by atoms with Crippen molar-refractivity contribution in [2.24, 2.45) is 0 Å². The van der Waals surface area contributed by atoms with Gasteiger partial charge >= 0.3 is 12.2 Å². The summed E-state index contributed by atoms with van der Waals surface area (Å²) in [5.74, 6) is 0. The van der Waals surface area contributed by atoms with E-state index in [4.69, 9.17) is 9.84 Å². The zero-order valence-corrected chi connectivity index (χ0v) is 10.2. The quantitative estimate of drug-likeness (QED) is 0.444. The number of hydrogen-bond donors (Lipinski definition) is 2. The summed E-state index contributed by atoms with van der Waals surface area (Å²) in [6, 6.07) is 0. The molecule has 7 nitrogen and oxygen atoms in total. The van der Waals surface area contributed by atoms with E-state index in [1.165, 1.54) is 0 Å². The Morgan fingerprint density at radius 1 is 1.41 bits per heavy atom. The van der Waals surface area contributed by atoms with Gasteiger partial charge in [-0.2, -0.15) is 0 Å². The summed E-state index contributed by atoms with van der Waals surface area (Å²) in [5.41, 5.74) is 1.39. The second-order valence-corrected chi connectivity index (χ2v) is 4.36. The molecular weight excluding hydrogens is 228 g/mol. The lowest BCUT2D eigenvalue weighted by Gasteiger charge is -2.24. The summed E-state index contributed by atoms with van der Waals surface area (Å²) < 4.78 is 4.90. The first-order valence-electron chi connectivity index (χ1n) is 5.20. The summed E-state index contributed by atoms with van der Waals surface area (Å²) in [4.78, 5) is 32.1. The largest absolute Gasteiger partial charge is 0.464 e. The zero-order chi connectivity index (χ0) is 13.5. The van der Waals surface area contributed by atoms with Crippen LogP contribution in [0.1, 0.15) is 33.6 Å². The van der Waals surface area contributed by atoms with Crippen LogP contribution in [0.15, 0.2) is 0 Å². The van der Waals surface area contributed by atoms with Crippen molar-refractivity contribution in [2.75, 3.05) is 6.54 Å². The Labute approximate surface area is 99.7 Å². The van der Waals surface area contributed by atoms with Gasteiger partial charge in [-0.25, -0.2) is 20.0 Å². The molecule has 0 fully saturated rings. The van der Waals surface area contributed by atoms with Crippen LogP contribution in [0, 0.1) is 0 Å². The van der Waals surface area contributed by atoms with E-state index in [2.05, 4.69) is 5.43 Å². The zero-order valence-electron chi connectivity index (χ0n) is 10.2. The smallest absolute Gasteiger partial charge is 0.426 e. The molecule has 0 heterocycles. The second-order valence-electron chi connectivity index (χ2n) is 4.36. The molecule has 0 aliphatic carbocycles. The topological polar surface area (TPSA) is 95.9 Å². The Bertz CT molecular complexity index is 285. The number of unbranched alkanes of at least 4 members (excludes halogenated alkanes) is 1. The number of aldehydes is 1. The highest BCUT2D eigenvalue weighted by molar-refractivity contribution is 5.73. The minimum atomic E-state index is -1.30. The maximum atomic E-state index is 11.3. The maximum absolute atomic E-state index is 11.3. The molecule has 0 atom stereocenters. The van der Waals surface area contributed by atoms with Gasteiger partial charge < -0.3 is 14.6 Å². The molecule has 0 rings (SSSR count). The van der Waals surface area contributed by atoms with E-state index in [0.717, 1.165) is 0 Å². The Morgan fingerprint density at radius 2 is 2.00 bits per heavy atom. The predicted molar refractivity (Wildman–Crippen MR) is 59.4 cm³/mol. The third-order valence-electron chi connectivity index (χ3n) is 1.56. The molecule has 98 valence electrons. The molecular formula is C10H18N2O5. The van der Waals surface area contributed by atoms with Gasteiger partial charge in [0, 0.05) is 13.0 Å². The molecule has 2 amide bonds. The number of carboxylic acid groups (broad SMARTS) is 1. The van der Waals surface area contributed by atoms with Gasteiger partial charge in [-0.1, -0.05) is 0 Å². The highest BCUT2D eigenvalue weighted by atomic mass is 16.6. The van der Waals surface area contributed by atoms with Crippen LogP contribution in [0.25, 0.3) is 0 Å². The number of ether oxygens (including phenoxy) is 1. The highest BCUT2D eigenvalue weighted by Gasteiger charge is 2.20. The number of amides is 2. The molecule has 0 saturated carbocycles. The Kier molecular flexibility index (Phi) is 6.01. The molecule has 7 heteroatoms. The van der Waals surface area contributed by atoms with Crippen molar-refractivity contribution >= 4 is 18.5 Å². The fourth-order valence-corrected chi connectivity index (χ4v) is 0.943. The predicted octanol–water partition coefficient (Wildman–Crippen LogP) is 1.39. The SMILES string of the molecule is CC(C)(C)OC(=O)NN(CCCC=O)C(=O)O. The summed E-state index contributed by atoms with van der Waals surface area (Å²) >= 11 is 0. The molecule has 0 unspecified atom stereocenters. The third kappa shape index (κ3) is 8.06. The van der Waals surface area contributed by atoms with E-state index in [1.54, 1.807) is 20.8 Å². The number of carbonyl (C=O) groups is 3. The first kappa shape index (κ1) is 15.2. The number of nitrogens with one attached hydrogen (secondary N) is 1. The van der Waals surface area contributed by atoms with E-state index in [-0.39, 0.29) is 13.0 Å². The van der Waals surface area contributed by atoms with Crippen LogP contribution in [0.5, 0.6) is 0 Å². The Balaban J connectivity index is 4.20. The van der Waals surface area contributed by atoms with E-state index in [0.29, 0.717) is 17.7 Å². The van der Waals surface area contributed by atoms with Gasteiger partial charge in [-0.3, -0.25) is 0 Å². The Hall–Kier alpha value is -1.79. The van der Waals surface area contributed by atoms with Crippen molar-refractivity contribution in [1.82, 2.24) is 10.4 Å². The number of hydrazine groups is 1.